The highest BCUT2D eigenvalue weighted by Gasteiger charge is 2.22. The Morgan fingerprint density at radius 3 is 2.92 bits per heavy atom. The fraction of sp³-hybridized carbons (Fsp3) is 0.353. The van der Waals surface area contributed by atoms with E-state index in [2.05, 4.69) is 21.4 Å². The summed E-state index contributed by atoms with van der Waals surface area (Å²) >= 11 is 0. The van der Waals surface area contributed by atoms with Crippen LogP contribution in [0.5, 0.6) is 0 Å². The molecule has 1 aliphatic carbocycles. The Hall–Kier alpha value is -2.41. The topological polar surface area (TPSA) is 80.9 Å². The summed E-state index contributed by atoms with van der Waals surface area (Å²) < 4.78 is 26.3. The average molecular weight is 332 g/mol. The number of fused-ring (bicyclic) bond motifs is 1. The number of hydrogen-bond acceptors (Lipinski definition) is 4. The van der Waals surface area contributed by atoms with Gasteiger partial charge >= 0.3 is 0 Å². The van der Waals surface area contributed by atoms with Crippen molar-refractivity contribution in [2.45, 2.75) is 38.8 Å². The second kappa shape index (κ2) is 7.00. The van der Waals surface area contributed by atoms with Crippen molar-refractivity contribution in [2.24, 2.45) is 5.73 Å². The molecule has 3 N–H and O–H groups in total. The number of halogens is 2. The van der Waals surface area contributed by atoms with E-state index in [0.717, 1.165) is 31.0 Å². The molecule has 24 heavy (non-hydrogen) atoms. The van der Waals surface area contributed by atoms with Crippen LogP contribution in [0.3, 0.4) is 0 Å². The molecular weight excluding hydrogens is 314 g/mol. The van der Waals surface area contributed by atoms with Crippen LogP contribution in [0.2, 0.25) is 0 Å². The van der Waals surface area contributed by atoms with Gasteiger partial charge in [0.25, 0.3) is 12.3 Å². The Labute approximate surface area is 138 Å². The van der Waals surface area contributed by atoms with Gasteiger partial charge in [-0.2, -0.15) is 0 Å². The zero-order valence-electron chi connectivity index (χ0n) is 13.1. The third-order valence-electron chi connectivity index (χ3n) is 4.18. The quantitative estimate of drug-likeness (QED) is 0.880. The molecule has 1 aromatic carbocycles. The van der Waals surface area contributed by atoms with Crippen molar-refractivity contribution >= 4 is 5.91 Å². The molecule has 1 aromatic heterocycles. The summed E-state index contributed by atoms with van der Waals surface area (Å²) in [6.07, 6.45) is 1.38. The van der Waals surface area contributed by atoms with E-state index in [-0.39, 0.29) is 17.9 Å². The van der Waals surface area contributed by atoms with Gasteiger partial charge < -0.3 is 11.1 Å². The molecule has 0 atom stereocenters. The Kier molecular flexibility index (Phi) is 4.80. The number of nitrogens with one attached hydrogen (secondary N) is 1. The van der Waals surface area contributed by atoms with Crippen molar-refractivity contribution in [3.8, 4) is 0 Å². The smallest absolute Gasteiger partial charge is 0.281 e. The molecule has 0 fully saturated rings. The number of nitrogens with zero attached hydrogens (tertiary/aromatic N) is 2. The Morgan fingerprint density at radius 1 is 1.33 bits per heavy atom. The molecule has 1 aliphatic rings. The highest BCUT2D eigenvalue weighted by atomic mass is 19.3. The number of alkyl halides is 2. The Morgan fingerprint density at radius 2 is 2.17 bits per heavy atom. The van der Waals surface area contributed by atoms with Gasteiger partial charge in [-0.1, -0.05) is 18.2 Å². The normalized spacial score (nSPS) is 13.2. The molecule has 1 heterocycles. The fourth-order valence-corrected chi connectivity index (χ4v) is 3.01. The van der Waals surface area contributed by atoms with Gasteiger partial charge in [0.05, 0.1) is 12.1 Å². The van der Waals surface area contributed by atoms with Crippen LogP contribution in [0.4, 0.5) is 8.78 Å². The van der Waals surface area contributed by atoms with Crippen molar-refractivity contribution in [1.29, 1.82) is 0 Å². The van der Waals surface area contributed by atoms with E-state index >= 15 is 0 Å². The van der Waals surface area contributed by atoms with Crippen LogP contribution in [0.25, 0.3) is 0 Å². The molecular formula is C17H18F2N4O. The predicted molar refractivity (Wildman–Crippen MR) is 84.5 cm³/mol. The van der Waals surface area contributed by atoms with Gasteiger partial charge in [-0.3, -0.25) is 4.79 Å². The van der Waals surface area contributed by atoms with Crippen LogP contribution in [0, 0.1) is 0 Å². The van der Waals surface area contributed by atoms with Gasteiger partial charge in [0.15, 0.2) is 0 Å². The molecule has 0 bridgehead atoms. The molecule has 5 nitrogen and oxygen atoms in total. The number of carbonyl (C=O) groups is 1. The minimum atomic E-state index is -2.86. The Balaban J connectivity index is 1.77. The van der Waals surface area contributed by atoms with Crippen LogP contribution < -0.4 is 11.1 Å². The first kappa shape index (κ1) is 16.4. The van der Waals surface area contributed by atoms with E-state index in [1.54, 1.807) is 0 Å². The molecule has 1 amide bonds. The van der Waals surface area contributed by atoms with Gasteiger partial charge in [0, 0.05) is 12.7 Å². The second-order valence-corrected chi connectivity index (χ2v) is 5.68. The standard InChI is InChI=1S/C17H18F2N4O/c18-16(19)15-13(9-21-14(7-20)23-15)17(24)22-8-11-5-1-3-10-4-2-6-12(10)11/h1,3,5,9,16H,2,4,6-8,20H2,(H,22,24). The minimum absolute atomic E-state index is 0.0578. The number of carbonyl (C=O) groups excluding carboxylic acids is 1. The number of hydrogen-bond donors (Lipinski definition) is 2. The molecule has 0 saturated carbocycles. The summed E-state index contributed by atoms with van der Waals surface area (Å²) in [5, 5.41) is 2.69. The summed E-state index contributed by atoms with van der Waals surface area (Å²) in [5.74, 6) is -0.521. The van der Waals surface area contributed by atoms with Crippen molar-refractivity contribution in [3.63, 3.8) is 0 Å². The maximum Gasteiger partial charge on any atom is 0.281 e. The van der Waals surface area contributed by atoms with Gasteiger partial charge in [0.1, 0.15) is 11.5 Å². The molecule has 3 rings (SSSR count). The van der Waals surface area contributed by atoms with Gasteiger partial charge in [-0.15, -0.1) is 0 Å². The van der Waals surface area contributed by atoms with Crippen LogP contribution in [0.1, 0.15) is 51.4 Å². The molecule has 0 radical (unpaired) electrons. The third-order valence-corrected chi connectivity index (χ3v) is 4.18. The highest BCUT2D eigenvalue weighted by Crippen LogP contribution is 2.25. The van der Waals surface area contributed by atoms with Crippen LogP contribution in [-0.2, 0) is 25.9 Å². The van der Waals surface area contributed by atoms with Gasteiger partial charge in [0.2, 0.25) is 0 Å². The molecule has 0 aliphatic heterocycles. The predicted octanol–water partition coefficient (Wildman–Crippen LogP) is 2.29. The second-order valence-electron chi connectivity index (χ2n) is 5.68. The van der Waals surface area contributed by atoms with Gasteiger partial charge in [-0.25, -0.2) is 18.7 Å². The monoisotopic (exact) mass is 332 g/mol. The molecule has 0 unspecified atom stereocenters. The summed E-state index contributed by atoms with van der Waals surface area (Å²) in [5.41, 5.74) is 8.14. The fourth-order valence-electron chi connectivity index (χ4n) is 3.01. The summed E-state index contributed by atoms with van der Waals surface area (Å²) in [7, 11) is 0. The lowest BCUT2D eigenvalue weighted by atomic mass is 10.0. The number of amides is 1. The van der Waals surface area contributed by atoms with Crippen molar-refractivity contribution in [2.75, 3.05) is 0 Å². The number of aromatic nitrogens is 2. The molecule has 0 saturated heterocycles. The van der Waals surface area contributed by atoms with E-state index < -0.39 is 18.0 Å². The molecule has 2 aromatic rings. The maximum absolute atomic E-state index is 13.1. The SMILES string of the molecule is NCc1ncc(C(=O)NCc2cccc3c2CCC3)c(C(F)F)n1. The largest absolute Gasteiger partial charge is 0.348 e. The van der Waals surface area contributed by atoms with Crippen LogP contribution in [-0.4, -0.2) is 15.9 Å². The van der Waals surface area contributed by atoms with Crippen LogP contribution >= 0.6 is 0 Å². The van der Waals surface area contributed by atoms with E-state index in [1.165, 1.54) is 11.1 Å². The summed E-state index contributed by atoms with van der Waals surface area (Å²) in [4.78, 5) is 19.8. The van der Waals surface area contributed by atoms with Gasteiger partial charge in [-0.05, 0) is 36.0 Å². The summed E-state index contributed by atoms with van der Waals surface area (Å²) in [6, 6.07) is 5.99. The lowest BCUT2D eigenvalue weighted by Crippen LogP contribution is -2.26. The minimum Gasteiger partial charge on any atom is -0.348 e. The third kappa shape index (κ3) is 3.26. The lowest BCUT2D eigenvalue weighted by Gasteiger charge is -2.12. The number of nitrogens with two attached hydrogens (primary N) is 1. The number of benzene rings is 1. The molecule has 126 valence electrons. The first-order valence-electron chi connectivity index (χ1n) is 7.82. The highest BCUT2D eigenvalue weighted by molar-refractivity contribution is 5.95. The van der Waals surface area contributed by atoms with E-state index in [9.17, 15) is 13.6 Å². The molecule has 0 spiro atoms. The van der Waals surface area contributed by atoms with Crippen molar-refractivity contribution < 1.29 is 13.6 Å². The number of aryl methyl sites for hydroxylation is 1. The zero-order valence-corrected chi connectivity index (χ0v) is 13.1. The first-order chi connectivity index (χ1) is 11.6. The van der Waals surface area contributed by atoms with E-state index in [0.29, 0.717) is 6.54 Å². The first-order valence-corrected chi connectivity index (χ1v) is 7.82. The van der Waals surface area contributed by atoms with Crippen molar-refractivity contribution in [1.82, 2.24) is 15.3 Å². The van der Waals surface area contributed by atoms with Crippen molar-refractivity contribution in [3.05, 3.63) is 58.2 Å². The van der Waals surface area contributed by atoms with Crippen LogP contribution in [0.15, 0.2) is 24.4 Å². The molecule has 7 heteroatoms. The Bertz CT molecular complexity index is 764. The number of rotatable bonds is 5. The van der Waals surface area contributed by atoms with E-state index in [1.807, 2.05) is 12.1 Å². The maximum atomic E-state index is 13.1. The zero-order chi connectivity index (χ0) is 17.1. The lowest BCUT2D eigenvalue weighted by molar-refractivity contribution is 0.0933. The van der Waals surface area contributed by atoms with E-state index in [4.69, 9.17) is 5.73 Å². The average Bonchev–Trinajstić information content (AvgIpc) is 3.08. The summed E-state index contributed by atoms with van der Waals surface area (Å²) in [6.45, 7) is 0.237.